The predicted molar refractivity (Wildman–Crippen MR) is 74.1 cm³/mol. The summed E-state index contributed by atoms with van der Waals surface area (Å²) < 4.78 is 5.19. The van der Waals surface area contributed by atoms with Gasteiger partial charge in [-0.25, -0.2) is 0 Å². The molecule has 1 fully saturated rings. The predicted octanol–water partition coefficient (Wildman–Crippen LogP) is 2.44. The standard InChI is InChI=1S/C16H17NO2/c1-19-13-9-5-8-12(10-13)16(18)15-14(17-15)11-6-3-2-4-7-11/h2-10,14-18H,1H3/t14-,15+,16-/m0/s1. The van der Waals surface area contributed by atoms with Crippen molar-refractivity contribution in [1.29, 1.82) is 0 Å². The molecule has 3 atom stereocenters. The average Bonchev–Trinajstić information content (AvgIpc) is 3.28. The Labute approximate surface area is 112 Å². The lowest BCUT2D eigenvalue weighted by molar-refractivity contribution is 0.173. The summed E-state index contributed by atoms with van der Waals surface area (Å²) in [5.41, 5.74) is 2.10. The van der Waals surface area contributed by atoms with E-state index in [1.807, 2.05) is 42.5 Å². The molecule has 1 saturated heterocycles. The van der Waals surface area contributed by atoms with Gasteiger partial charge in [-0.2, -0.15) is 0 Å². The van der Waals surface area contributed by atoms with Gasteiger partial charge in [0.2, 0.25) is 0 Å². The van der Waals surface area contributed by atoms with Crippen molar-refractivity contribution < 1.29 is 9.84 Å². The minimum atomic E-state index is -0.514. The first kappa shape index (κ1) is 12.2. The Morgan fingerprint density at radius 3 is 2.63 bits per heavy atom. The fourth-order valence-electron chi connectivity index (χ4n) is 2.42. The second kappa shape index (κ2) is 5.03. The van der Waals surface area contributed by atoms with Crippen LogP contribution in [0.15, 0.2) is 54.6 Å². The molecule has 2 aromatic carbocycles. The van der Waals surface area contributed by atoms with Crippen molar-refractivity contribution in [3.05, 3.63) is 65.7 Å². The topological polar surface area (TPSA) is 51.4 Å². The van der Waals surface area contributed by atoms with Gasteiger partial charge < -0.3 is 15.2 Å². The average molecular weight is 255 g/mol. The lowest BCUT2D eigenvalue weighted by Gasteiger charge is -2.10. The molecule has 0 saturated carbocycles. The first-order valence-corrected chi connectivity index (χ1v) is 6.42. The highest BCUT2D eigenvalue weighted by Crippen LogP contribution is 2.38. The molecule has 3 heteroatoms. The summed E-state index contributed by atoms with van der Waals surface area (Å²) in [7, 11) is 1.63. The molecule has 0 amide bonds. The Kier molecular flexibility index (Phi) is 3.23. The maximum atomic E-state index is 10.4. The highest BCUT2D eigenvalue weighted by atomic mass is 16.5. The Bertz CT molecular complexity index is 556. The Morgan fingerprint density at radius 2 is 1.89 bits per heavy atom. The van der Waals surface area contributed by atoms with Gasteiger partial charge >= 0.3 is 0 Å². The minimum Gasteiger partial charge on any atom is -0.497 e. The van der Waals surface area contributed by atoms with Crippen molar-refractivity contribution in [2.45, 2.75) is 18.2 Å². The summed E-state index contributed by atoms with van der Waals surface area (Å²) in [4.78, 5) is 0. The molecular weight excluding hydrogens is 238 g/mol. The number of aliphatic hydroxyl groups excluding tert-OH is 1. The van der Waals surface area contributed by atoms with E-state index in [0.29, 0.717) is 0 Å². The van der Waals surface area contributed by atoms with E-state index in [-0.39, 0.29) is 12.1 Å². The highest BCUT2D eigenvalue weighted by molar-refractivity contribution is 5.34. The van der Waals surface area contributed by atoms with E-state index in [4.69, 9.17) is 4.74 Å². The van der Waals surface area contributed by atoms with Gasteiger partial charge in [0.25, 0.3) is 0 Å². The fraction of sp³-hybridized carbons (Fsp3) is 0.250. The van der Waals surface area contributed by atoms with Gasteiger partial charge in [0.15, 0.2) is 0 Å². The van der Waals surface area contributed by atoms with Crippen molar-refractivity contribution >= 4 is 0 Å². The number of hydrogen-bond donors (Lipinski definition) is 2. The molecule has 0 aromatic heterocycles. The largest absolute Gasteiger partial charge is 0.497 e. The van der Waals surface area contributed by atoms with Crippen molar-refractivity contribution in [3.8, 4) is 5.75 Å². The minimum absolute atomic E-state index is 0.0782. The molecule has 0 radical (unpaired) electrons. The summed E-state index contributed by atoms with van der Waals surface area (Å²) in [6.07, 6.45) is -0.514. The quantitative estimate of drug-likeness (QED) is 0.825. The number of benzene rings is 2. The van der Waals surface area contributed by atoms with Crippen LogP contribution in [0.25, 0.3) is 0 Å². The number of methoxy groups -OCH3 is 1. The number of hydrogen-bond acceptors (Lipinski definition) is 3. The summed E-state index contributed by atoms with van der Waals surface area (Å²) >= 11 is 0. The first-order chi connectivity index (χ1) is 9.29. The van der Waals surface area contributed by atoms with E-state index >= 15 is 0 Å². The Morgan fingerprint density at radius 1 is 1.11 bits per heavy atom. The van der Waals surface area contributed by atoms with Crippen molar-refractivity contribution in [2.75, 3.05) is 7.11 Å². The van der Waals surface area contributed by atoms with Crippen LogP contribution in [-0.2, 0) is 0 Å². The molecule has 0 bridgehead atoms. The molecule has 3 nitrogen and oxygen atoms in total. The molecule has 0 unspecified atom stereocenters. The van der Waals surface area contributed by atoms with Gasteiger partial charge in [-0.3, -0.25) is 0 Å². The Hall–Kier alpha value is -1.84. The summed E-state index contributed by atoms with van der Waals surface area (Å²) in [6.45, 7) is 0. The van der Waals surface area contributed by atoms with Crippen LogP contribution >= 0.6 is 0 Å². The van der Waals surface area contributed by atoms with Gasteiger partial charge in [0, 0.05) is 0 Å². The maximum Gasteiger partial charge on any atom is 0.119 e. The zero-order chi connectivity index (χ0) is 13.2. The molecule has 1 aliphatic rings. The SMILES string of the molecule is COc1cccc([C@H](O)[C@@H]2N[C@H]2c2ccccc2)c1. The van der Waals surface area contributed by atoms with Crippen LogP contribution in [0.3, 0.4) is 0 Å². The second-order valence-electron chi connectivity index (χ2n) is 4.80. The van der Waals surface area contributed by atoms with E-state index in [1.165, 1.54) is 5.56 Å². The number of rotatable bonds is 4. The molecule has 1 heterocycles. The summed E-state index contributed by atoms with van der Waals surface area (Å²) in [5, 5.41) is 13.7. The van der Waals surface area contributed by atoms with Gasteiger partial charge in [0.1, 0.15) is 5.75 Å². The van der Waals surface area contributed by atoms with E-state index in [0.717, 1.165) is 11.3 Å². The third-order valence-corrected chi connectivity index (χ3v) is 3.56. The number of aliphatic hydroxyl groups is 1. The van der Waals surface area contributed by atoms with Gasteiger partial charge in [-0.15, -0.1) is 0 Å². The van der Waals surface area contributed by atoms with E-state index in [1.54, 1.807) is 7.11 Å². The van der Waals surface area contributed by atoms with E-state index in [2.05, 4.69) is 17.4 Å². The zero-order valence-electron chi connectivity index (χ0n) is 10.8. The fourth-order valence-corrected chi connectivity index (χ4v) is 2.42. The monoisotopic (exact) mass is 255 g/mol. The maximum absolute atomic E-state index is 10.4. The zero-order valence-corrected chi connectivity index (χ0v) is 10.8. The molecule has 0 spiro atoms. The molecule has 0 aliphatic carbocycles. The van der Waals surface area contributed by atoms with E-state index in [9.17, 15) is 5.11 Å². The molecule has 2 aromatic rings. The van der Waals surface area contributed by atoms with Crippen LogP contribution in [0.1, 0.15) is 23.3 Å². The van der Waals surface area contributed by atoms with Crippen molar-refractivity contribution in [2.24, 2.45) is 0 Å². The van der Waals surface area contributed by atoms with Crippen LogP contribution in [-0.4, -0.2) is 18.3 Å². The number of nitrogens with one attached hydrogen (secondary N) is 1. The molecule has 98 valence electrons. The van der Waals surface area contributed by atoms with Crippen LogP contribution in [0.5, 0.6) is 5.75 Å². The second-order valence-corrected chi connectivity index (χ2v) is 4.80. The summed E-state index contributed by atoms with van der Waals surface area (Å²) in [5.74, 6) is 0.772. The lowest BCUT2D eigenvalue weighted by Crippen LogP contribution is -2.08. The summed E-state index contributed by atoms with van der Waals surface area (Å²) in [6, 6.07) is 18.1. The van der Waals surface area contributed by atoms with Gasteiger partial charge in [0.05, 0.1) is 25.3 Å². The van der Waals surface area contributed by atoms with E-state index < -0.39 is 6.10 Å². The van der Waals surface area contributed by atoms with Gasteiger partial charge in [-0.1, -0.05) is 42.5 Å². The normalized spacial score (nSPS) is 22.8. The van der Waals surface area contributed by atoms with Crippen molar-refractivity contribution in [3.63, 3.8) is 0 Å². The molecule has 3 rings (SSSR count). The van der Waals surface area contributed by atoms with Gasteiger partial charge in [-0.05, 0) is 23.3 Å². The number of ether oxygens (including phenoxy) is 1. The third kappa shape index (κ3) is 2.48. The molecule has 19 heavy (non-hydrogen) atoms. The smallest absolute Gasteiger partial charge is 0.119 e. The molecule has 2 N–H and O–H groups in total. The lowest BCUT2D eigenvalue weighted by atomic mass is 10.0. The van der Waals surface area contributed by atoms with Crippen molar-refractivity contribution in [1.82, 2.24) is 5.32 Å². The molecular formula is C16H17NO2. The third-order valence-electron chi connectivity index (χ3n) is 3.56. The van der Waals surface area contributed by atoms with Crippen LogP contribution in [0.4, 0.5) is 0 Å². The van der Waals surface area contributed by atoms with Crippen LogP contribution < -0.4 is 10.1 Å². The molecule has 1 aliphatic heterocycles. The Balaban J connectivity index is 1.74. The first-order valence-electron chi connectivity index (χ1n) is 6.42. The highest BCUT2D eigenvalue weighted by Gasteiger charge is 2.43. The van der Waals surface area contributed by atoms with Crippen LogP contribution in [0, 0.1) is 0 Å². The van der Waals surface area contributed by atoms with Crippen LogP contribution in [0.2, 0.25) is 0 Å².